The van der Waals surface area contributed by atoms with Gasteiger partial charge in [0, 0.05) is 30.9 Å². The van der Waals surface area contributed by atoms with Crippen LogP contribution in [0, 0.1) is 0 Å². The van der Waals surface area contributed by atoms with E-state index in [0.29, 0.717) is 5.75 Å². The van der Waals surface area contributed by atoms with E-state index < -0.39 is 0 Å². The molecule has 14 heavy (non-hydrogen) atoms. The van der Waals surface area contributed by atoms with E-state index in [1.807, 2.05) is 31.1 Å². The van der Waals surface area contributed by atoms with E-state index >= 15 is 0 Å². The van der Waals surface area contributed by atoms with Gasteiger partial charge in [0.1, 0.15) is 5.75 Å². The molecule has 3 nitrogen and oxygen atoms in total. The van der Waals surface area contributed by atoms with Crippen LogP contribution in [-0.4, -0.2) is 19.2 Å². The second kappa shape index (κ2) is 2.89. The van der Waals surface area contributed by atoms with Gasteiger partial charge >= 0.3 is 0 Å². The summed E-state index contributed by atoms with van der Waals surface area (Å²) in [6.07, 6.45) is 1.94. The van der Waals surface area contributed by atoms with Gasteiger partial charge in [-0.1, -0.05) is 0 Å². The minimum absolute atomic E-state index is 0.268. The fourth-order valence-electron chi connectivity index (χ4n) is 1.60. The normalized spacial score (nSPS) is 17.9. The summed E-state index contributed by atoms with van der Waals surface area (Å²) in [4.78, 5) is 2.01. The number of phenols is 1. The van der Waals surface area contributed by atoms with Crippen molar-refractivity contribution in [2.75, 3.05) is 19.0 Å². The maximum absolute atomic E-state index is 9.69. The first kappa shape index (κ1) is 9.34. The topological polar surface area (TPSA) is 49.5 Å². The van der Waals surface area contributed by atoms with Crippen LogP contribution in [0.2, 0.25) is 0 Å². The van der Waals surface area contributed by atoms with Crippen LogP contribution in [0.25, 0.3) is 0 Å². The van der Waals surface area contributed by atoms with Crippen LogP contribution in [0.4, 0.5) is 5.69 Å². The monoisotopic (exact) mass is 192 g/mol. The SMILES string of the molecule is CN(C)c1ccc(O)c(C2(N)CC2)c1. The Morgan fingerprint density at radius 3 is 2.50 bits per heavy atom. The van der Waals surface area contributed by atoms with Crippen LogP contribution >= 0.6 is 0 Å². The molecule has 0 amide bonds. The van der Waals surface area contributed by atoms with Crippen molar-refractivity contribution in [1.82, 2.24) is 0 Å². The third kappa shape index (κ3) is 1.44. The van der Waals surface area contributed by atoms with Gasteiger partial charge < -0.3 is 15.7 Å². The van der Waals surface area contributed by atoms with Crippen molar-refractivity contribution in [3.8, 4) is 5.75 Å². The molecule has 0 aromatic heterocycles. The molecule has 0 radical (unpaired) electrons. The van der Waals surface area contributed by atoms with E-state index in [9.17, 15) is 5.11 Å². The van der Waals surface area contributed by atoms with Gasteiger partial charge in [0.05, 0.1) is 0 Å². The van der Waals surface area contributed by atoms with Gasteiger partial charge in [-0.05, 0) is 31.0 Å². The van der Waals surface area contributed by atoms with Gasteiger partial charge in [0.15, 0.2) is 0 Å². The van der Waals surface area contributed by atoms with Crippen LogP contribution < -0.4 is 10.6 Å². The Balaban J connectivity index is 2.43. The van der Waals surface area contributed by atoms with Crippen LogP contribution in [0.5, 0.6) is 5.75 Å². The highest BCUT2D eigenvalue weighted by atomic mass is 16.3. The third-order valence-electron chi connectivity index (χ3n) is 2.82. The summed E-state index contributed by atoms with van der Waals surface area (Å²) in [6, 6.07) is 5.59. The molecule has 3 heteroatoms. The van der Waals surface area contributed by atoms with Gasteiger partial charge in [-0.25, -0.2) is 0 Å². The molecule has 1 aromatic rings. The first-order chi connectivity index (χ1) is 6.53. The average Bonchev–Trinajstić information content (AvgIpc) is 2.85. The average molecular weight is 192 g/mol. The smallest absolute Gasteiger partial charge is 0.120 e. The van der Waals surface area contributed by atoms with E-state index in [1.54, 1.807) is 6.07 Å². The highest BCUT2D eigenvalue weighted by molar-refractivity contribution is 5.55. The Hall–Kier alpha value is -1.22. The van der Waals surface area contributed by atoms with Gasteiger partial charge in [0.2, 0.25) is 0 Å². The first-order valence-electron chi connectivity index (χ1n) is 4.83. The molecule has 0 unspecified atom stereocenters. The van der Waals surface area contributed by atoms with Crippen molar-refractivity contribution in [2.45, 2.75) is 18.4 Å². The number of phenolic OH excluding ortho intramolecular Hbond substituents is 1. The molecule has 2 rings (SSSR count). The molecule has 0 atom stereocenters. The van der Waals surface area contributed by atoms with Crippen molar-refractivity contribution in [2.24, 2.45) is 5.73 Å². The predicted octanol–water partition coefficient (Wildman–Crippen LogP) is 1.41. The number of hydrogen-bond acceptors (Lipinski definition) is 3. The molecule has 0 bridgehead atoms. The molecular weight excluding hydrogens is 176 g/mol. The van der Waals surface area contributed by atoms with Crippen molar-refractivity contribution in [3.05, 3.63) is 23.8 Å². The maximum atomic E-state index is 9.69. The number of anilines is 1. The predicted molar refractivity (Wildman–Crippen MR) is 57.5 cm³/mol. The zero-order chi connectivity index (χ0) is 10.3. The van der Waals surface area contributed by atoms with Crippen LogP contribution in [0.3, 0.4) is 0 Å². The lowest BCUT2D eigenvalue weighted by Gasteiger charge is -2.17. The molecule has 76 valence electrons. The third-order valence-corrected chi connectivity index (χ3v) is 2.82. The Morgan fingerprint density at radius 2 is 2.00 bits per heavy atom. The number of nitrogens with zero attached hydrogens (tertiary/aromatic N) is 1. The van der Waals surface area contributed by atoms with Crippen molar-refractivity contribution >= 4 is 5.69 Å². The standard InChI is InChI=1S/C11H16N2O/c1-13(2)8-3-4-10(14)9(7-8)11(12)5-6-11/h3-4,7,14H,5-6,12H2,1-2H3. The Morgan fingerprint density at radius 1 is 1.36 bits per heavy atom. The van der Waals surface area contributed by atoms with Gasteiger partial charge in [-0.15, -0.1) is 0 Å². The summed E-state index contributed by atoms with van der Waals surface area (Å²) in [5.41, 5.74) is 7.75. The molecule has 0 heterocycles. The number of nitrogens with two attached hydrogens (primary N) is 1. The van der Waals surface area contributed by atoms with E-state index in [1.165, 1.54) is 0 Å². The lowest BCUT2D eigenvalue weighted by molar-refractivity contribution is 0.460. The number of hydrogen-bond donors (Lipinski definition) is 2. The van der Waals surface area contributed by atoms with Gasteiger partial charge in [0.25, 0.3) is 0 Å². The lowest BCUT2D eigenvalue weighted by atomic mass is 10.0. The largest absolute Gasteiger partial charge is 0.508 e. The quantitative estimate of drug-likeness (QED) is 0.744. The fraction of sp³-hybridized carbons (Fsp3) is 0.455. The molecule has 0 spiro atoms. The van der Waals surface area contributed by atoms with Crippen molar-refractivity contribution in [3.63, 3.8) is 0 Å². The number of rotatable bonds is 2. The Labute approximate surface area is 84.1 Å². The summed E-state index contributed by atoms with van der Waals surface area (Å²) in [5, 5.41) is 9.69. The summed E-state index contributed by atoms with van der Waals surface area (Å²) >= 11 is 0. The van der Waals surface area contributed by atoms with Crippen LogP contribution in [0.15, 0.2) is 18.2 Å². The number of benzene rings is 1. The molecule has 3 N–H and O–H groups in total. The molecular formula is C11H16N2O. The highest BCUT2D eigenvalue weighted by Gasteiger charge is 2.42. The second-order valence-electron chi connectivity index (χ2n) is 4.25. The van der Waals surface area contributed by atoms with E-state index in [-0.39, 0.29) is 5.54 Å². The molecule has 1 fully saturated rings. The molecule has 1 aliphatic carbocycles. The van der Waals surface area contributed by atoms with E-state index in [2.05, 4.69) is 0 Å². The Kier molecular flexibility index (Phi) is 1.93. The molecule has 1 saturated carbocycles. The first-order valence-corrected chi connectivity index (χ1v) is 4.83. The highest BCUT2D eigenvalue weighted by Crippen LogP contribution is 2.47. The second-order valence-corrected chi connectivity index (χ2v) is 4.25. The summed E-state index contributed by atoms with van der Waals surface area (Å²) < 4.78 is 0. The van der Waals surface area contributed by atoms with Crippen LogP contribution in [-0.2, 0) is 5.54 Å². The lowest BCUT2D eigenvalue weighted by Crippen LogP contribution is -2.19. The minimum Gasteiger partial charge on any atom is -0.508 e. The van der Waals surface area contributed by atoms with E-state index in [0.717, 1.165) is 24.1 Å². The zero-order valence-electron chi connectivity index (χ0n) is 8.62. The molecule has 0 saturated heterocycles. The summed E-state index contributed by atoms with van der Waals surface area (Å²) in [7, 11) is 3.96. The van der Waals surface area contributed by atoms with Gasteiger partial charge in [-0.3, -0.25) is 0 Å². The summed E-state index contributed by atoms with van der Waals surface area (Å²) in [6.45, 7) is 0. The van der Waals surface area contributed by atoms with Crippen molar-refractivity contribution < 1.29 is 5.11 Å². The fourth-order valence-corrected chi connectivity index (χ4v) is 1.60. The van der Waals surface area contributed by atoms with Crippen molar-refractivity contribution in [1.29, 1.82) is 0 Å². The maximum Gasteiger partial charge on any atom is 0.120 e. The summed E-state index contributed by atoms with van der Waals surface area (Å²) in [5.74, 6) is 0.315. The minimum atomic E-state index is -0.268. The Bertz CT molecular complexity index is 356. The molecule has 1 aromatic carbocycles. The molecule has 0 aliphatic heterocycles. The zero-order valence-corrected chi connectivity index (χ0v) is 8.62. The number of aromatic hydroxyl groups is 1. The van der Waals surface area contributed by atoms with E-state index in [4.69, 9.17) is 5.73 Å². The van der Waals surface area contributed by atoms with Crippen LogP contribution in [0.1, 0.15) is 18.4 Å². The van der Waals surface area contributed by atoms with Gasteiger partial charge in [-0.2, -0.15) is 0 Å². The molecule has 1 aliphatic rings.